The number of anilines is 2. The van der Waals surface area contributed by atoms with Gasteiger partial charge in [-0.3, -0.25) is 9.59 Å². The van der Waals surface area contributed by atoms with Crippen molar-refractivity contribution in [2.45, 2.75) is 25.7 Å². The van der Waals surface area contributed by atoms with Gasteiger partial charge in [0.05, 0.1) is 13.2 Å². The van der Waals surface area contributed by atoms with Gasteiger partial charge >= 0.3 is 5.97 Å². The maximum atomic E-state index is 13.0. The predicted molar refractivity (Wildman–Crippen MR) is 120 cm³/mol. The van der Waals surface area contributed by atoms with E-state index < -0.39 is 30.0 Å². The van der Waals surface area contributed by atoms with Crippen LogP contribution in [-0.2, 0) is 30.4 Å². The summed E-state index contributed by atoms with van der Waals surface area (Å²) >= 11 is 0. The highest BCUT2D eigenvalue weighted by Crippen LogP contribution is 2.25. The fourth-order valence-corrected chi connectivity index (χ4v) is 3.25. The molecule has 2 aromatic carbocycles. The van der Waals surface area contributed by atoms with Crippen molar-refractivity contribution in [2.24, 2.45) is 5.73 Å². The third kappa shape index (κ3) is 6.28. The van der Waals surface area contributed by atoms with Gasteiger partial charge in [0.2, 0.25) is 0 Å². The molecule has 2 atom stereocenters. The third-order valence-corrected chi connectivity index (χ3v) is 4.93. The van der Waals surface area contributed by atoms with Crippen molar-refractivity contribution in [3.63, 3.8) is 0 Å². The molecule has 0 radical (unpaired) electrons. The quantitative estimate of drug-likeness (QED) is 0.470. The van der Waals surface area contributed by atoms with E-state index in [4.69, 9.17) is 19.9 Å². The molecule has 1 saturated heterocycles. The third-order valence-electron chi connectivity index (χ3n) is 4.93. The number of carbonyl (C=O) groups is 3. The number of ether oxygens (including phenoxy) is 3. The first-order valence-corrected chi connectivity index (χ1v) is 10.5. The number of rotatable bonds is 9. The van der Waals surface area contributed by atoms with Gasteiger partial charge in [-0.05, 0) is 36.8 Å². The van der Waals surface area contributed by atoms with Gasteiger partial charge < -0.3 is 35.3 Å². The average molecular weight is 457 g/mol. The first-order valence-electron chi connectivity index (χ1n) is 10.5. The van der Waals surface area contributed by atoms with Crippen molar-refractivity contribution in [1.82, 2.24) is 0 Å². The Bertz CT molecular complexity index is 980. The highest BCUT2D eigenvalue weighted by molar-refractivity contribution is 6.03. The molecule has 2 aromatic rings. The van der Waals surface area contributed by atoms with Crippen LogP contribution in [0.5, 0.6) is 5.75 Å². The van der Waals surface area contributed by atoms with Gasteiger partial charge in [-0.15, -0.1) is 0 Å². The Kier molecular flexibility index (Phi) is 8.36. The number of carbonyl (C=O) groups excluding carboxylic acids is 3. The molecular weight excluding hydrogens is 430 g/mol. The molecule has 1 aliphatic heterocycles. The van der Waals surface area contributed by atoms with Crippen LogP contribution in [0.3, 0.4) is 0 Å². The number of benzene rings is 2. The molecule has 10 heteroatoms. The molecule has 0 aliphatic carbocycles. The summed E-state index contributed by atoms with van der Waals surface area (Å²) < 4.78 is 15.7. The molecule has 176 valence electrons. The summed E-state index contributed by atoms with van der Waals surface area (Å²) in [4.78, 5) is 38.4. The van der Waals surface area contributed by atoms with E-state index in [0.717, 1.165) is 5.56 Å². The van der Waals surface area contributed by atoms with E-state index in [9.17, 15) is 19.5 Å². The highest BCUT2D eigenvalue weighted by atomic mass is 16.6. The molecule has 2 unspecified atom stereocenters. The molecular formula is C23H27N3O7. The zero-order chi connectivity index (χ0) is 23.8. The zero-order valence-corrected chi connectivity index (χ0v) is 18.2. The Morgan fingerprint density at radius 1 is 1.27 bits per heavy atom. The largest absolute Gasteiger partial charge is 0.482 e. The maximum Gasteiger partial charge on any atom is 0.344 e. The van der Waals surface area contributed by atoms with Crippen LogP contribution < -0.4 is 20.7 Å². The fraction of sp³-hybridized carbons (Fsp3) is 0.348. The SMILES string of the molecule is CCOC(=O)COc1cccc(N2CCOC(C(O)C(=O)Nc3ccc(CN)cc3)C2=O)c1. The van der Waals surface area contributed by atoms with Crippen molar-refractivity contribution in [2.75, 3.05) is 36.6 Å². The lowest BCUT2D eigenvalue weighted by atomic mass is 10.1. The number of morpholine rings is 1. The Labute approximate surface area is 191 Å². The summed E-state index contributed by atoms with van der Waals surface area (Å²) in [5, 5.41) is 13.1. The van der Waals surface area contributed by atoms with Crippen LogP contribution in [0.25, 0.3) is 0 Å². The highest BCUT2D eigenvalue weighted by Gasteiger charge is 2.39. The van der Waals surface area contributed by atoms with Crippen molar-refractivity contribution >= 4 is 29.2 Å². The monoisotopic (exact) mass is 457 g/mol. The van der Waals surface area contributed by atoms with Crippen molar-refractivity contribution < 1.29 is 33.7 Å². The lowest BCUT2D eigenvalue weighted by Crippen LogP contribution is -2.55. The van der Waals surface area contributed by atoms with E-state index in [-0.39, 0.29) is 26.4 Å². The smallest absolute Gasteiger partial charge is 0.344 e. The van der Waals surface area contributed by atoms with E-state index in [0.29, 0.717) is 23.7 Å². The summed E-state index contributed by atoms with van der Waals surface area (Å²) in [6, 6.07) is 13.4. The van der Waals surface area contributed by atoms with Gasteiger partial charge in [-0.2, -0.15) is 0 Å². The number of hydrogen-bond donors (Lipinski definition) is 3. The Hall–Kier alpha value is -3.47. The number of nitrogens with zero attached hydrogens (tertiary/aromatic N) is 1. The molecule has 33 heavy (non-hydrogen) atoms. The molecule has 1 heterocycles. The first kappa shape index (κ1) is 24.2. The van der Waals surface area contributed by atoms with Crippen LogP contribution in [0.15, 0.2) is 48.5 Å². The molecule has 10 nitrogen and oxygen atoms in total. The van der Waals surface area contributed by atoms with Crippen LogP contribution in [0, 0.1) is 0 Å². The molecule has 0 bridgehead atoms. The Balaban J connectivity index is 1.65. The first-order chi connectivity index (χ1) is 15.9. The standard InChI is InChI=1S/C23H27N3O7/c1-2-31-19(27)14-33-18-5-3-4-17(12-18)26-10-11-32-21(23(26)30)20(28)22(29)25-16-8-6-15(13-24)7-9-16/h3-9,12,20-21,28H,2,10-11,13-14,24H2,1H3,(H,25,29). The second-order valence-electron chi connectivity index (χ2n) is 7.21. The molecule has 3 rings (SSSR count). The summed E-state index contributed by atoms with van der Waals surface area (Å²) in [7, 11) is 0. The van der Waals surface area contributed by atoms with E-state index >= 15 is 0 Å². The summed E-state index contributed by atoms with van der Waals surface area (Å²) in [6.07, 6.45) is -3.08. The van der Waals surface area contributed by atoms with E-state index in [1.54, 1.807) is 55.5 Å². The predicted octanol–water partition coefficient (Wildman–Crippen LogP) is 0.819. The van der Waals surface area contributed by atoms with E-state index in [1.807, 2.05) is 0 Å². The molecule has 0 saturated carbocycles. The molecule has 0 aromatic heterocycles. The van der Waals surface area contributed by atoms with Crippen molar-refractivity contribution in [3.05, 3.63) is 54.1 Å². The molecule has 0 spiro atoms. The molecule has 4 N–H and O–H groups in total. The van der Waals surface area contributed by atoms with Gasteiger partial charge in [0, 0.05) is 30.5 Å². The minimum Gasteiger partial charge on any atom is -0.482 e. The maximum absolute atomic E-state index is 13.0. The number of aliphatic hydroxyl groups excluding tert-OH is 1. The normalized spacial score (nSPS) is 16.8. The summed E-state index contributed by atoms with van der Waals surface area (Å²) in [5.41, 5.74) is 7.40. The topological polar surface area (TPSA) is 140 Å². The zero-order valence-electron chi connectivity index (χ0n) is 18.2. The van der Waals surface area contributed by atoms with Crippen molar-refractivity contribution in [1.29, 1.82) is 0 Å². The number of aliphatic hydroxyl groups is 1. The van der Waals surface area contributed by atoms with Crippen LogP contribution in [-0.4, -0.2) is 61.5 Å². The van der Waals surface area contributed by atoms with Gasteiger partial charge in [-0.1, -0.05) is 18.2 Å². The van der Waals surface area contributed by atoms with Gasteiger partial charge in [0.25, 0.3) is 11.8 Å². The number of hydrogen-bond acceptors (Lipinski definition) is 8. The number of esters is 1. The lowest BCUT2D eigenvalue weighted by Gasteiger charge is -2.34. The molecule has 2 amide bonds. The number of amides is 2. The fourth-order valence-electron chi connectivity index (χ4n) is 3.25. The summed E-state index contributed by atoms with van der Waals surface area (Å²) in [5.74, 6) is -1.46. The van der Waals surface area contributed by atoms with E-state index in [2.05, 4.69) is 5.32 Å². The molecule has 1 fully saturated rings. The Morgan fingerprint density at radius 2 is 2.03 bits per heavy atom. The molecule has 1 aliphatic rings. The minimum atomic E-state index is -1.71. The summed E-state index contributed by atoms with van der Waals surface area (Å²) in [6.45, 7) is 2.41. The van der Waals surface area contributed by atoms with Crippen LogP contribution >= 0.6 is 0 Å². The second-order valence-corrected chi connectivity index (χ2v) is 7.21. The average Bonchev–Trinajstić information content (AvgIpc) is 2.83. The van der Waals surface area contributed by atoms with Crippen LogP contribution in [0.4, 0.5) is 11.4 Å². The number of nitrogens with two attached hydrogens (primary N) is 1. The Morgan fingerprint density at radius 3 is 2.73 bits per heavy atom. The second kappa shape index (κ2) is 11.4. The van der Waals surface area contributed by atoms with Gasteiger partial charge in [0.15, 0.2) is 18.8 Å². The van der Waals surface area contributed by atoms with E-state index in [1.165, 1.54) is 4.90 Å². The van der Waals surface area contributed by atoms with Gasteiger partial charge in [-0.25, -0.2) is 4.79 Å². The van der Waals surface area contributed by atoms with Crippen molar-refractivity contribution in [3.8, 4) is 5.75 Å². The lowest BCUT2D eigenvalue weighted by molar-refractivity contribution is -0.150. The van der Waals surface area contributed by atoms with Crippen LogP contribution in [0.1, 0.15) is 12.5 Å². The van der Waals surface area contributed by atoms with Gasteiger partial charge in [0.1, 0.15) is 5.75 Å². The van der Waals surface area contributed by atoms with Crippen LogP contribution in [0.2, 0.25) is 0 Å². The minimum absolute atomic E-state index is 0.125. The number of nitrogens with one attached hydrogen (secondary N) is 1.